The van der Waals surface area contributed by atoms with Gasteiger partial charge in [-0.25, -0.2) is 8.42 Å². The lowest BCUT2D eigenvalue weighted by molar-refractivity contribution is 0.225. The standard InChI is InChI=1S/C14H23N3O2S/c1-16(2)11-12-6-8-17(9-7-12)20(18,19)14-5-3-4-13(15)10-14/h3-5,10,12H,6-9,11,15H2,1-2H3. The molecular formula is C14H23N3O2S. The predicted octanol–water partition coefficient (Wildman–Crippen LogP) is 1.23. The van der Waals surface area contributed by atoms with Crippen LogP contribution in [-0.4, -0.2) is 51.4 Å². The van der Waals surface area contributed by atoms with E-state index in [1.807, 2.05) is 0 Å². The Labute approximate surface area is 121 Å². The third kappa shape index (κ3) is 3.50. The van der Waals surface area contributed by atoms with Gasteiger partial charge in [-0.05, 0) is 51.1 Å². The molecule has 0 spiro atoms. The summed E-state index contributed by atoms with van der Waals surface area (Å²) in [6, 6.07) is 6.52. The van der Waals surface area contributed by atoms with Crippen LogP contribution in [0.15, 0.2) is 29.2 Å². The van der Waals surface area contributed by atoms with E-state index >= 15 is 0 Å². The number of piperidine rings is 1. The first-order chi connectivity index (χ1) is 9.39. The van der Waals surface area contributed by atoms with Crippen LogP contribution in [0.4, 0.5) is 5.69 Å². The van der Waals surface area contributed by atoms with Crippen molar-refractivity contribution in [1.82, 2.24) is 9.21 Å². The Morgan fingerprint density at radius 1 is 1.30 bits per heavy atom. The Bertz CT molecular complexity index is 549. The summed E-state index contributed by atoms with van der Waals surface area (Å²) in [5.41, 5.74) is 6.15. The van der Waals surface area contributed by atoms with Gasteiger partial charge < -0.3 is 10.6 Å². The molecule has 2 rings (SSSR count). The topological polar surface area (TPSA) is 66.6 Å². The Balaban J connectivity index is 2.06. The SMILES string of the molecule is CN(C)CC1CCN(S(=O)(=O)c2cccc(N)c2)CC1. The van der Waals surface area contributed by atoms with E-state index in [9.17, 15) is 8.42 Å². The maximum Gasteiger partial charge on any atom is 0.243 e. The molecule has 0 unspecified atom stereocenters. The number of rotatable bonds is 4. The van der Waals surface area contributed by atoms with E-state index in [-0.39, 0.29) is 0 Å². The Kier molecular flexibility index (Phi) is 4.67. The van der Waals surface area contributed by atoms with Crippen LogP contribution in [0.5, 0.6) is 0 Å². The van der Waals surface area contributed by atoms with E-state index in [4.69, 9.17) is 5.73 Å². The van der Waals surface area contributed by atoms with E-state index in [2.05, 4.69) is 19.0 Å². The fraction of sp³-hybridized carbons (Fsp3) is 0.571. The summed E-state index contributed by atoms with van der Waals surface area (Å²) >= 11 is 0. The van der Waals surface area contributed by atoms with Gasteiger partial charge in [0.2, 0.25) is 10.0 Å². The zero-order valence-corrected chi connectivity index (χ0v) is 12.9. The number of nitrogens with zero attached hydrogens (tertiary/aromatic N) is 2. The number of hydrogen-bond acceptors (Lipinski definition) is 4. The first-order valence-corrected chi connectivity index (χ1v) is 8.34. The second kappa shape index (κ2) is 6.11. The fourth-order valence-electron chi connectivity index (χ4n) is 2.67. The molecule has 1 aromatic carbocycles. The van der Waals surface area contributed by atoms with Crippen LogP contribution >= 0.6 is 0 Å². The summed E-state index contributed by atoms with van der Waals surface area (Å²) in [4.78, 5) is 2.45. The minimum absolute atomic E-state index is 0.295. The molecule has 0 bridgehead atoms. The summed E-state index contributed by atoms with van der Waals surface area (Å²) in [5.74, 6) is 0.581. The van der Waals surface area contributed by atoms with Gasteiger partial charge in [-0.15, -0.1) is 0 Å². The molecule has 5 nitrogen and oxygen atoms in total. The zero-order chi connectivity index (χ0) is 14.8. The van der Waals surface area contributed by atoms with Gasteiger partial charge in [0.05, 0.1) is 4.90 Å². The van der Waals surface area contributed by atoms with Crippen molar-refractivity contribution in [3.05, 3.63) is 24.3 Å². The van der Waals surface area contributed by atoms with Crippen LogP contribution in [0.2, 0.25) is 0 Å². The van der Waals surface area contributed by atoms with Crippen molar-refractivity contribution in [2.75, 3.05) is 39.5 Å². The molecule has 1 heterocycles. The first kappa shape index (κ1) is 15.3. The molecule has 20 heavy (non-hydrogen) atoms. The van der Waals surface area contributed by atoms with Crippen molar-refractivity contribution in [1.29, 1.82) is 0 Å². The molecule has 1 fully saturated rings. The lowest BCUT2D eigenvalue weighted by atomic mass is 9.98. The molecule has 0 radical (unpaired) electrons. The summed E-state index contributed by atoms with van der Waals surface area (Å²) < 4.78 is 26.6. The molecular weight excluding hydrogens is 274 g/mol. The largest absolute Gasteiger partial charge is 0.399 e. The van der Waals surface area contributed by atoms with Crippen molar-refractivity contribution in [2.24, 2.45) is 5.92 Å². The number of benzene rings is 1. The first-order valence-electron chi connectivity index (χ1n) is 6.90. The Hall–Kier alpha value is -1.11. The summed E-state index contributed by atoms with van der Waals surface area (Å²) in [6.45, 7) is 2.21. The number of nitrogens with two attached hydrogens (primary N) is 1. The highest BCUT2D eigenvalue weighted by molar-refractivity contribution is 7.89. The van der Waals surface area contributed by atoms with Gasteiger partial charge in [-0.1, -0.05) is 6.07 Å². The maximum absolute atomic E-state index is 12.5. The third-order valence-electron chi connectivity index (χ3n) is 3.69. The van der Waals surface area contributed by atoms with Gasteiger partial charge >= 0.3 is 0 Å². The molecule has 0 atom stereocenters. The molecule has 0 saturated carbocycles. The van der Waals surface area contributed by atoms with Crippen molar-refractivity contribution in [3.63, 3.8) is 0 Å². The zero-order valence-electron chi connectivity index (χ0n) is 12.1. The molecule has 0 amide bonds. The van der Waals surface area contributed by atoms with Gasteiger partial charge in [-0.3, -0.25) is 0 Å². The van der Waals surface area contributed by atoms with E-state index in [0.29, 0.717) is 29.6 Å². The molecule has 112 valence electrons. The van der Waals surface area contributed by atoms with Crippen LogP contribution in [0, 0.1) is 5.92 Å². The number of anilines is 1. The predicted molar refractivity (Wildman–Crippen MR) is 80.9 cm³/mol. The van der Waals surface area contributed by atoms with Crippen LogP contribution < -0.4 is 5.73 Å². The van der Waals surface area contributed by atoms with Gasteiger partial charge in [-0.2, -0.15) is 4.31 Å². The lowest BCUT2D eigenvalue weighted by Gasteiger charge is -2.32. The minimum atomic E-state index is -3.40. The molecule has 1 aliphatic heterocycles. The molecule has 1 aromatic rings. The second-order valence-electron chi connectivity index (χ2n) is 5.68. The summed E-state index contributed by atoms with van der Waals surface area (Å²) in [6.07, 6.45) is 1.83. The molecule has 1 aliphatic rings. The number of hydrogen-bond donors (Lipinski definition) is 1. The average Bonchev–Trinajstić information content (AvgIpc) is 2.38. The van der Waals surface area contributed by atoms with E-state index in [0.717, 1.165) is 19.4 Å². The smallest absolute Gasteiger partial charge is 0.243 e. The van der Waals surface area contributed by atoms with Gasteiger partial charge in [0.25, 0.3) is 0 Å². The van der Waals surface area contributed by atoms with E-state index in [1.54, 1.807) is 22.5 Å². The van der Waals surface area contributed by atoms with Crippen LogP contribution in [0.1, 0.15) is 12.8 Å². The molecule has 2 N–H and O–H groups in total. The minimum Gasteiger partial charge on any atom is -0.399 e. The average molecular weight is 297 g/mol. The quantitative estimate of drug-likeness (QED) is 0.849. The van der Waals surface area contributed by atoms with Gasteiger partial charge in [0.15, 0.2) is 0 Å². The monoisotopic (exact) mass is 297 g/mol. The molecule has 6 heteroatoms. The molecule has 0 aliphatic carbocycles. The van der Waals surface area contributed by atoms with Crippen molar-refractivity contribution < 1.29 is 8.42 Å². The van der Waals surface area contributed by atoms with E-state index in [1.165, 1.54) is 6.07 Å². The number of sulfonamides is 1. The van der Waals surface area contributed by atoms with Crippen molar-refractivity contribution >= 4 is 15.7 Å². The van der Waals surface area contributed by atoms with Crippen LogP contribution in [0.25, 0.3) is 0 Å². The fourth-order valence-corrected chi connectivity index (χ4v) is 4.20. The van der Waals surface area contributed by atoms with Crippen molar-refractivity contribution in [3.8, 4) is 0 Å². The molecule has 1 saturated heterocycles. The maximum atomic E-state index is 12.5. The highest BCUT2D eigenvalue weighted by Gasteiger charge is 2.29. The second-order valence-corrected chi connectivity index (χ2v) is 7.62. The molecule has 0 aromatic heterocycles. The summed E-state index contributed by atoms with van der Waals surface area (Å²) in [5, 5.41) is 0. The van der Waals surface area contributed by atoms with Gasteiger partial charge in [0.1, 0.15) is 0 Å². The highest BCUT2D eigenvalue weighted by atomic mass is 32.2. The normalized spacial score (nSPS) is 18.6. The van der Waals surface area contributed by atoms with Gasteiger partial charge in [0, 0.05) is 25.3 Å². The van der Waals surface area contributed by atoms with Crippen LogP contribution in [-0.2, 0) is 10.0 Å². The van der Waals surface area contributed by atoms with Crippen molar-refractivity contribution in [2.45, 2.75) is 17.7 Å². The highest BCUT2D eigenvalue weighted by Crippen LogP contribution is 2.24. The number of nitrogen functional groups attached to an aromatic ring is 1. The summed E-state index contributed by atoms with van der Waals surface area (Å²) in [7, 11) is 0.706. The Morgan fingerprint density at radius 3 is 2.50 bits per heavy atom. The lowest BCUT2D eigenvalue weighted by Crippen LogP contribution is -2.40. The van der Waals surface area contributed by atoms with Crippen LogP contribution in [0.3, 0.4) is 0 Å². The third-order valence-corrected chi connectivity index (χ3v) is 5.59. The van der Waals surface area contributed by atoms with E-state index < -0.39 is 10.0 Å². The Morgan fingerprint density at radius 2 is 1.95 bits per heavy atom.